The Kier molecular flexibility index (Phi) is 4.54. The van der Waals surface area contributed by atoms with Crippen LogP contribution in [0.5, 0.6) is 0 Å². The van der Waals surface area contributed by atoms with E-state index in [2.05, 4.69) is 24.1 Å². The molecule has 6 heteroatoms. The van der Waals surface area contributed by atoms with E-state index in [-0.39, 0.29) is 12.6 Å². The number of hydrogen-bond donors (Lipinski definition) is 2. The number of carboxylic acid groups (broad SMARTS) is 1. The number of nitrogens with zero attached hydrogens (tertiary/aromatic N) is 2. The Morgan fingerprint density at radius 1 is 1.38 bits per heavy atom. The number of aliphatic carboxylic acids is 1. The molecule has 2 amide bonds. The van der Waals surface area contributed by atoms with Gasteiger partial charge in [-0.15, -0.1) is 0 Å². The molecule has 0 bridgehead atoms. The van der Waals surface area contributed by atoms with Gasteiger partial charge in [-0.05, 0) is 13.1 Å². The molecule has 0 aromatic rings. The maximum absolute atomic E-state index is 11.4. The summed E-state index contributed by atoms with van der Waals surface area (Å²) < 4.78 is 0. The van der Waals surface area contributed by atoms with Crippen LogP contribution in [0.4, 0.5) is 4.79 Å². The van der Waals surface area contributed by atoms with Crippen molar-refractivity contribution in [2.24, 2.45) is 0 Å². The fourth-order valence-corrected chi connectivity index (χ4v) is 1.86. The largest absolute Gasteiger partial charge is 0.480 e. The molecular weight excluding hydrogens is 210 g/mol. The van der Waals surface area contributed by atoms with Crippen molar-refractivity contribution >= 4 is 12.0 Å². The summed E-state index contributed by atoms with van der Waals surface area (Å²) >= 11 is 0. The van der Waals surface area contributed by atoms with E-state index in [0.29, 0.717) is 19.1 Å². The molecule has 1 heterocycles. The second-order valence-electron chi connectivity index (χ2n) is 3.83. The number of amides is 2. The van der Waals surface area contributed by atoms with Crippen LogP contribution in [0.2, 0.25) is 0 Å². The molecule has 0 saturated carbocycles. The van der Waals surface area contributed by atoms with Gasteiger partial charge in [-0.2, -0.15) is 0 Å². The van der Waals surface area contributed by atoms with Crippen molar-refractivity contribution in [1.82, 2.24) is 15.1 Å². The number of nitrogens with one attached hydrogen (secondary N) is 1. The van der Waals surface area contributed by atoms with E-state index in [0.717, 1.165) is 13.1 Å². The predicted molar refractivity (Wildman–Crippen MR) is 59.3 cm³/mol. The van der Waals surface area contributed by atoms with Crippen molar-refractivity contribution in [3.63, 3.8) is 0 Å². The molecule has 16 heavy (non-hydrogen) atoms. The zero-order valence-corrected chi connectivity index (χ0v) is 9.77. The van der Waals surface area contributed by atoms with Crippen molar-refractivity contribution in [2.45, 2.75) is 19.9 Å². The molecule has 92 valence electrons. The molecule has 0 radical (unpaired) electrons. The van der Waals surface area contributed by atoms with E-state index < -0.39 is 5.97 Å². The third kappa shape index (κ3) is 3.10. The first-order valence-electron chi connectivity index (χ1n) is 5.57. The molecule has 0 unspecified atom stereocenters. The van der Waals surface area contributed by atoms with E-state index in [1.165, 1.54) is 0 Å². The maximum Gasteiger partial charge on any atom is 0.323 e. The first-order valence-corrected chi connectivity index (χ1v) is 5.57. The molecule has 1 saturated heterocycles. The molecule has 1 aliphatic heterocycles. The van der Waals surface area contributed by atoms with Gasteiger partial charge < -0.3 is 15.3 Å². The van der Waals surface area contributed by atoms with Crippen molar-refractivity contribution in [3.8, 4) is 0 Å². The molecule has 0 atom stereocenters. The minimum Gasteiger partial charge on any atom is -0.480 e. The molecule has 0 aromatic carbocycles. The first-order chi connectivity index (χ1) is 7.58. The van der Waals surface area contributed by atoms with Gasteiger partial charge in [-0.3, -0.25) is 9.69 Å². The minimum atomic E-state index is -1.02. The number of rotatable bonds is 5. The maximum atomic E-state index is 11.4. The standard InChI is InChI=1S/C10H19N3O3/c1-3-12(4-2)8-6-13(7-8)10(16)11-5-9(14)15/h8H,3-7H2,1-2H3,(H,11,16)(H,14,15). The van der Waals surface area contributed by atoms with Gasteiger partial charge in [0.05, 0.1) is 0 Å². The van der Waals surface area contributed by atoms with Gasteiger partial charge in [-0.1, -0.05) is 13.8 Å². The molecule has 0 aromatic heterocycles. The molecule has 2 N–H and O–H groups in total. The normalized spacial score (nSPS) is 16.1. The predicted octanol–water partition coefficient (Wildman–Crippen LogP) is -0.193. The van der Waals surface area contributed by atoms with E-state index in [1.807, 2.05) is 0 Å². The number of carbonyl (C=O) groups is 2. The third-order valence-electron chi connectivity index (χ3n) is 2.87. The van der Waals surface area contributed by atoms with Gasteiger partial charge >= 0.3 is 12.0 Å². The van der Waals surface area contributed by atoms with Crippen molar-refractivity contribution in [2.75, 3.05) is 32.7 Å². The highest BCUT2D eigenvalue weighted by atomic mass is 16.4. The Balaban J connectivity index is 2.24. The van der Waals surface area contributed by atoms with Crippen LogP contribution in [0.1, 0.15) is 13.8 Å². The number of likely N-dealkylation sites (N-methyl/N-ethyl adjacent to an activating group) is 1. The molecule has 6 nitrogen and oxygen atoms in total. The third-order valence-corrected chi connectivity index (χ3v) is 2.87. The second-order valence-corrected chi connectivity index (χ2v) is 3.83. The highest BCUT2D eigenvalue weighted by Crippen LogP contribution is 2.14. The number of likely N-dealkylation sites (tertiary alicyclic amines) is 1. The fourth-order valence-electron chi connectivity index (χ4n) is 1.86. The Morgan fingerprint density at radius 2 is 1.94 bits per heavy atom. The number of urea groups is 1. The van der Waals surface area contributed by atoms with Crippen LogP contribution >= 0.6 is 0 Å². The zero-order valence-electron chi connectivity index (χ0n) is 9.77. The second kappa shape index (κ2) is 5.69. The SMILES string of the molecule is CCN(CC)C1CN(C(=O)NCC(=O)O)C1. The van der Waals surface area contributed by atoms with Crippen molar-refractivity contribution in [3.05, 3.63) is 0 Å². The van der Waals surface area contributed by atoms with Crippen LogP contribution in [0.25, 0.3) is 0 Å². The van der Waals surface area contributed by atoms with Gasteiger partial charge in [-0.25, -0.2) is 4.79 Å². The topological polar surface area (TPSA) is 72.9 Å². The van der Waals surface area contributed by atoms with Gasteiger partial charge in [0.2, 0.25) is 0 Å². The zero-order chi connectivity index (χ0) is 12.1. The number of carboxylic acids is 1. The van der Waals surface area contributed by atoms with Gasteiger partial charge in [0.15, 0.2) is 0 Å². The highest BCUT2D eigenvalue weighted by molar-refractivity contribution is 5.80. The van der Waals surface area contributed by atoms with E-state index in [4.69, 9.17) is 5.11 Å². The molecule has 1 rings (SSSR count). The number of hydrogen-bond acceptors (Lipinski definition) is 3. The smallest absolute Gasteiger partial charge is 0.323 e. The van der Waals surface area contributed by atoms with E-state index >= 15 is 0 Å². The summed E-state index contributed by atoms with van der Waals surface area (Å²) in [5.74, 6) is -1.02. The quantitative estimate of drug-likeness (QED) is 0.685. The molecular formula is C10H19N3O3. The average molecular weight is 229 g/mol. The Morgan fingerprint density at radius 3 is 2.38 bits per heavy atom. The summed E-state index contributed by atoms with van der Waals surface area (Å²) in [7, 11) is 0. The summed E-state index contributed by atoms with van der Waals surface area (Å²) in [4.78, 5) is 25.6. The fraction of sp³-hybridized carbons (Fsp3) is 0.800. The lowest BCUT2D eigenvalue weighted by Gasteiger charge is -2.44. The minimum absolute atomic E-state index is 0.286. The summed E-state index contributed by atoms with van der Waals surface area (Å²) in [6.07, 6.45) is 0. The van der Waals surface area contributed by atoms with Crippen LogP contribution in [-0.2, 0) is 4.79 Å². The molecule has 0 spiro atoms. The highest BCUT2D eigenvalue weighted by Gasteiger charge is 2.33. The first kappa shape index (κ1) is 12.8. The van der Waals surface area contributed by atoms with Gasteiger partial charge in [0, 0.05) is 19.1 Å². The van der Waals surface area contributed by atoms with Gasteiger partial charge in [0.1, 0.15) is 6.54 Å². The summed E-state index contributed by atoms with van der Waals surface area (Å²) in [6, 6.07) is 0.136. The van der Waals surface area contributed by atoms with Crippen molar-refractivity contribution in [1.29, 1.82) is 0 Å². The molecule has 1 aliphatic rings. The van der Waals surface area contributed by atoms with Crippen LogP contribution in [0, 0.1) is 0 Å². The summed E-state index contributed by atoms with van der Waals surface area (Å²) in [5.41, 5.74) is 0. The average Bonchev–Trinajstić information content (AvgIpc) is 2.19. The monoisotopic (exact) mass is 229 g/mol. The van der Waals surface area contributed by atoms with Crippen LogP contribution in [0.3, 0.4) is 0 Å². The van der Waals surface area contributed by atoms with E-state index in [9.17, 15) is 9.59 Å². The summed E-state index contributed by atoms with van der Waals surface area (Å²) in [6.45, 7) is 7.20. The van der Waals surface area contributed by atoms with Crippen molar-refractivity contribution < 1.29 is 14.7 Å². The van der Waals surface area contributed by atoms with Crippen LogP contribution in [-0.4, -0.2) is 65.7 Å². The lowest BCUT2D eigenvalue weighted by Crippen LogP contribution is -2.63. The molecule has 0 aliphatic carbocycles. The Labute approximate surface area is 95.2 Å². The van der Waals surface area contributed by atoms with Crippen LogP contribution < -0.4 is 5.32 Å². The van der Waals surface area contributed by atoms with E-state index in [1.54, 1.807) is 4.90 Å². The lowest BCUT2D eigenvalue weighted by atomic mass is 10.1. The number of carbonyl (C=O) groups excluding carboxylic acids is 1. The summed E-state index contributed by atoms with van der Waals surface area (Å²) in [5, 5.41) is 10.8. The molecule has 1 fully saturated rings. The van der Waals surface area contributed by atoms with Crippen LogP contribution in [0.15, 0.2) is 0 Å². The lowest BCUT2D eigenvalue weighted by molar-refractivity contribution is -0.135. The Hall–Kier alpha value is -1.30. The van der Waals surface area contributed by atoms with Gasteiger partial charge in [0.25, 0.3) is 0 Å². The Bertz CT molecular complexity index is 260.